The van der Waals surface area contributed by atoms with Gasteiger partial charge in [-0.15, -0.1) is 0 Å². The van der Waals surface area contributed by atoms with Crippen molar-refractivity contribution in [2.24, 2.45) is 0 Å². The van der Waals surface area contributed by atoms with Gasteiger partial charge >= 0.3 is 0 Å². The molecule has 1 N–H and O–H groups in total. The number of nitrogens with one attached hydrogen (secondary N) is 1. The molecule has 0 unspecified atom stereocenters. The van der Waals surface area contributed by atoms with Gasteiger partial charge in [0.2, 0.25) is 15.9 Å². The zero-order valence-corrected chi connectivity index (χ0v) is 20.7. The van der Waals surface area contributed by atoms with E-state index in [0.29, 0.717) is 41.5 Å². The number of carbonyl (C=O) groups is 1. The normalized spacial score (nSPS) is 16.6. The van der Waals surface area contributed by atoms with Crippen LogP contribution in [0.2, 0.25) is 0 Å². The molecule has 34 heavy (non-hydrogen) atoms. The molecular weight excluding hydrogens is 470 g/mol. The average Bonchev–Trinajstić information content (AvgIpc) is 3.43. The molecule has 10 heteroatoms. The Morgan fingerprint density at radius 1 is 1.09 bits per heavy atom. The fourth-order valence-electron chi connectivity index (χ4n) is 4.74. The molecule has 1 saturated heterocycles. The topological polar surface area (TPSA) is 91.3 Å². The van der Waals surface area contributed by atoms with Crippen LogP contribution in [-0.2, 0) is 27.8 Å². The van der Waals surface area contributed by atoms with Crippen LogP contribution >= 0.6 is 12.2 Å². The quantitative estimate of drug-likeness (QED) is 0.543. The first-order chi connectivity index (χ1) is 16.3. The molecule has 5 rings (SSSR count). The molecule has 1 fully saturated rings. The Morgan fingerprint density at radius 3 is 2.65 bits per heavy atom. The van der Waals surface area contributed by atoms with Crippen LogP contribution in [0.3, 0.4) is 0 Å². The van der Waals surface area contributed by atoms with E-state index in [-0.39, 0.29) is 12.5 Å². The van der Waals surface area contributed by atoms with Crippen LogP contribution in [0.1, 0.15) is 30.4 Å². The van der Waals surface area contributed by atoms with Gasteiger partial charge in [0.05, 0.1) is 4.90 Å². The van der Waals surface area contributed by atoms with Crippen LogP contribution in [0, 0.1) is 11.7 Å². The molecule has 0 atom stereocenters. The summed E-state index contributed by atoms with van der Waals surface area (Å²) in [6.45, 7) is 3.69. The number of amides is 1. The van der Waals surface area contributed by atoms with Gasteiger partial charge in [0.25, 0.3) is 0 Å². The van der Waals surface area contributed by atoms with Crippen molar-refractivity contribution in [1.82, 2.24) is 19.1 Å². The highest BCUT2D eigenvalue weighted by Crippen LogP contribution is 2.32. The van der Waals surface area contributed by atoms with Gasteiger partial charge in [-0.1, -0.05) is 30.2 Å². The van der Waals surface area contributed by atoms with E-state index < -0.39 is 10.0 Å². The molecule has 8 nitrogen and oxygen atoms in total. The number of hydrogen-bond donors (Lipinski definition) is 1. The van der Waals surface area contributed by atoms with Crippen LogP contribution in [0.25, 0.3) is 11.4 Å². The van der Waals surface area contributed by atoms with E-state index in [9.17, 15) is 13.2 Å². The lowest BCUT2D eigenvalue weighted by molar-refractivity contribution is -0.119. The summed E-state index contributed by atoms with van der Waals surface area (Å²) in [6, 6.07) is 13.0. The number of carbonyl (C=O) groups excluding carboxylic acids is 1. The minimum atomic E-state index is -3.51. The molecule has 178 valence electrons. The van der Waals surface area contributed by atoms with Crippen LogP contribution in [-0.4, -0.2) is 53.0 Å². The number of fused-ring (bicyclic) bond motifs is 1. The molecule has 2 aliphatic heterocycles. The standard InChI is InChI=1S/C24H27N5O3S2/c1-17-6-5-7-19(14-17)23-25-26-24(33)29(23)16-22(30)28-13-10-18-15-20(8-9-21(18)28)34(31,32)27-11-3-2-4-12-27/h5-9,14-15H,2-4,10-13,16H2,1H3,(H,26,33). The third-order valence-corrected chi connectivity index (χ3v) is 8.73. The highest BCUT2D eigenvalue weighted by Gasteiger charge is 2.30. The van der Waals surface area contributed by atoms with Gasteiger partial charge in [-0.05, 0) is 68.2 Å². The Kier molecular flexibility index (Phi) is 6.13. The first-order valence-electron chi connectivity index (χ1n) is 11.5. The van der Waals surface area contributed by atoms with Gasteiger partial charge in [-0.25, -0.2) is 8.42 Å². The predicted molar refractivity (Wildman–Crippen MR) is 133 cm³/mol. The van der Waals surface area contributed by atoms with Crippen molar-refractivity contribution >= 4 is 33.8 Å². The van der Waals surface area contributed by atoms with E-state index >= 15 is 0 Å². The van der Waals surface area contributed by atoms with Crippen molar-refractivity contribution in [2.45, 2.75) is 44.0 Å². The highest BCUT2D eigenvalue weighted by atomic mass is 32.2. The summed E-state index contributed by atoms with van der Waals surface area (Å²) in [7, 11) is -3.51. The highest BCUT2D eigenvalue weighted by molar-refractivity contribution is 7.89. The zero-order chi connectivity index (χ0) is 23.9. The van der Waals surface area contributed by atoms with E-state index in [1.165, 1.54) is 0 Å². The van der Waals surface area contributed by atoms with Gasteiger partial charge in [-0.2, -0.15) is 9.40 Å². The molecular formula is C24H27N5O3S2. The first-order valence-corrected chi connectivity index (χ1v) is 13.3. The Balaban J connectivity index is 1.38. The van der Waals surface area contributed by atoms with Crippen LogP contribution in [0.4, 0.5) is 5.69 Å². The van der Waals surface area contributed by atoms with Crippen molar-refractivity contribution in [3.63, 3.8) is 0 Å². The molecule has 1 amide bonds. The number of benzene rings is 2. The Morgan fingerprint density at radius 2 is 1.88 bits per heavy atom. The lowest BCUT2D eigenvalue weighted by Gasteiger charge is -2.26. The van der Waals surface area contributed by atoms with Crippen LogP contribution < -0.4 is 4.90 Å². The van der Waals surface area contributed by atoms with Crippen LogP contribution in [0.15, 0.2) is 47.4 Å². The summed E-state index contributed by atoms with van der Waals surface area (Å²) < 4.78 is 29.8. The maximum Gasteiger partial charge on any atom is 0.247 e. The first kappa shape index (κ1) is 22.9. The van der Waals surface area contributed by atoms with Crippen molar-refractivity contribution in [3.8, 4) is 11.4 Å². The van der Waals surface area contributed by atoms with Crippen molar-refractivity contribution in [1.29, 1.82) is 0 Å². The van der Waals surface area contributed by atoms with Crippen molar-refractivity contribution in [3.05, 3.63) is 58.4 Å². The average molecular weight is 498 g/mol. The number of H-pyrrole nitrogens is 1. The fraction of sp³-hybridized carbons (Fsp3) is 0.375. The van der Waals surface area contributed by atoms with Crippen LogP contribution in [0.5, 0.6) is 0 Å². The Bertz CT molecular complexity index is 1400. The second-order valence-corrected chi connectivity index (χ2v) is 11.2. The molecule has 1 aromatic heterocycles. The van der Waals surface area contributed by atoms with Gasteiger partial charge in [0.15, 0.2) is 10.6 Å². The number of hydrogen-bond acceptors (Lipinski definition) is 5. The van der Waals surface area contributed by atoms with E-state index in [2.05, 4.69) is 10.2 Å². The zero-order valence-electron chi connectivity index (χ0n) is 19.0. The van der Waals surface area contributed by atoms with Gasteiger partial charge in [-0.3, -0.25) is 14.5 Å². The number of nitrogens with zero attached hydrogens (tertiary/aromatic N) is 4. The molecule has 0 aliphatic carbocycles. The molecule has 2 aromatic carbocycles. The van der Waals surface area contributed by atoms with Gasteiger partial charge in [0.1, 0.15) is 6.54 Å². The maximum absolute atomic E-state index is 13.3. The Labute approximate surface area is 204 Å². The molecule has 3 heterocycles. The smallest absolute Gasteiger partial charge is 0.247 e. The number of rotatable bonds is 5. The SMILES string of the molecule is Cc1cccc(-c2n[nH]c(=S)n2CC(=O)N2CCc3cc(S(=O)(=O)N4CCCCC4)ccc32)c1. The summed E-state index contributed by atoms with van der Waals surface area (Å²) in [4.78, 5) is 15.3. The summed E-state index contributed by atoms with van der Waals surface area (Å²) in [6.07, 6.45) is 3.48. The fourth-order valence-corrected chi connectivity index (χ4v) is 6.51. The second-order valence-electron chi connectivity index (χ2n) is 8.86. The Hall–Kier alpha value is -2.82. The summed E-state index contributed by atoms with van der Waals surface area (Å²) >= 11 is 5.40. The monoisotopic (exact) mass is 497 g/mol. The number of aromatic nitrogens is 3. The van der Waals surface area contributed by atoms with Crippen molar-refractivity contribution < 1.29 is 13.2 Å². The minimum Gasteiger partial charge on any atom is -0.310 e. The third-order valence-electron chi connectivity index (χ3n) is 6.53. The number of aromatic amines is 1. The molecule has 0 radical (unpaired) electrons. The molecule has 0 bridgehead atoms. The minimum absolute atomic E-state index is 0.0475. The number of aryl methyl sites for hydroxylation is 1. The molecule has 3 aromatic rings. The van der Waals surface area contributed by atoms with E-state index in [1.807, 2.05) is 31.2 Å². The summed E-state index contributed by atoms with van der Waals surface area (Å²) in [5.41, 5.74) is 3.61. The number of piperidine rings is 1. The maximum atomic E-state index is 13.3. The molecule has 2 aliphatic rings. The third kappa shape index (κ3) is 4.21. The summed E-state index contributed by atoms with van der Waals surface area (Å²) in [5.74, 6) is 0.501. The predicted octanol–water partition coefficient (Wildman–Crippen LogP) is 3.68. The van der Waals surface area contributed by atoms with E-state index in [4.69, 9.17) is 12.2 Å². The van der Waals surface area contributed by atoms with Gasteiger partial charge < -0.3 is 4.90 Å². The molecule has 0 spiro atoms. The van der Waals surface area contributed by atoms with Gasteiger partial charge in [0, 0.05) is 30.9 Å². The lowest BCUT2D eigenvalue weighted by atomic mass is 10.1. The largest absolute Gasteiger partial charge is 0.310 e. The second kappa shape index (κ2) is 9.09. The lowest BCUT2D eigenvalue weighted by Crippen LogP contribution is -2.35. The number of anilines is 1. The van der Waals surface area contributed by atoms with E-state index in [0.717, 1.165) is 41.6 Å². The van der Waals surface area contributed by atoms with E-state index in [1.54, 1.807) is 32.0 Å². The molecule has 0 saturated carbocycles. The van der Waals surface area contributed by atoms with Crippen molar-refractivity contribution in [2.75, 3.05) is 24.5 Å². The summed E-state index contributed by atoms with van der Waals surface area (Å²) in [5, 5.41) is 7.14. The number of sulfonamides is 1.